The highest BCUT2D eigenvalue weighted by Gasteiger charge is 2.25. The molecule has 1 aliphatic heterocycles. The van der Waals surface area contributed by atoms with Gasteiger partial charge in [0.05, 0.1) is 4.92 Å². The first-order chi connectivity index (χ1) is 15.9. The number of halogens is 1. The summed E-state index contributed by atoms with van der Waals surface area (Å²) in [5.74, 6) is -0.195. The number of hydrogen-bond donors (Lipinski definition) is 1. The molecule has 1 heterocycles. The third-order valence-electron chi connectivity index (χ3n) is 5.80. The van der Waals surface area contributed by atoms with Gasteiger partial charge in [-0.25, -0.2) is 0 Å². The second-order valence-electron chi connectivity index (χ2n) is 8.05. The lowest BCUT2D eigenvalue weighted by Gasteiger charge is -2.36. The minimum Gasteiger partial charge on any atom is -0.375 e. The molecule has 3 aromatic carbocycles. The Labute approximate surface area is 197 Å². The molecule has 1 saturated heterocycles. The van der Waals surface area contributed by atoms with Crippen molar-refractivity contribution in [1.29, 1.82) is 0 Å². The number of nitro benzene ring substituents is 1. The molecule has 0 unspecified atom stereocenters. The molecule has 0 aliphatic carbocycles. The molecule has 0 saturated carbocycles. The fraction of sp³-hybridized carbons (Fsp3) is 0.240. The van der Waals surface area contributed by atoms with Crippen LogP contribution in [0.25, 0.3) is 0 Å². The first-order valence-corrected chi connectivity index (χ1v) is 11.2. The zero-order chi connectivity index (χ0) is 23.4. The summed E-state index contributed by atoms with van der Waals surface area (Å²) in [4.78, 5) is 28.3. The van der Waals surface area contributed by atoms with E-state index in [9.17, 15) is 14.9 Å². The number of nitro groups is 1. The highest BCUT2D eigenvalue weighted by molar-refractivity contribution is 6.31. The highest BCUT2D eigenvalue weighted by Crippen LogP contribution is 2.28. The number of anilines is 2. The van der Waals surface area contributed by atoms with Crippen LogP contribution in [0.1, 0.15) is 21.5 Å². The summed E-state index contributed by atoms with van der Waals surface area (Å²) in [7, 11) is 0. The normalized spacial score (nSPS) is 13.6. The summed E-state index contributed by atoms with van der Waals surface area (Å²) in [6.45, 7) is 4.96. The van der Waals surface area contributed by atoms with Gasteiger partial charge in [0.2, 0.25) is 0 Å². The highest BCUT2D eigenvalue weighted by atomic mass is 35.5. The van der Waals surface area contributed by atoms with Crippen LogP contribution in [0, 0.1) is 17.0 Å². The molecule has 3 aromatic rings. The van der Waals surface area contributed by atoms with Crippen molar-refractivity contribution in [2.75, 3.05) is 36.4 Å². The maximum absolute atomic E-state index is 13.1. The summed E-state index contributed by atoms with van der Waals surface area (Å²) in [5, 5.41) is 15.3. The van der Waals surface area contributed by atoms with Crippen LogP contribution in [0.15, 0.2) is 66.7 Å². The Bertz CT molecular complexity index is 1180. The number of aryl methyl sites for hydroxylation is 1. The average molecular weight is 465 g/mol. The van der Waals surface area contributed by atoms with Crippen molar-refractivity contribution in [3.8, 4) is 0 Å². The zero-order valence-corrected chi connectivity index (χ0v) is 19.1. The van der Waals surface area contributed by atoms with E-state index in [2.05, 4.69) is 35.3 Å². The molecule has 1 fully saturated rings. The number of hydrogen-bond acceptors (Lipinski definition) is 5. The zero-order valence-electron chi connectivity index (χ0n) is 18.3. The Morgan fingerprint density at radius 2 is 1.79 bits per heavy atom. The summed E-state index contributed by atoms with van der Waals surface area (Å²) < 4.78 is 0. The van der Waals surface area contributed by atoms with Crippen LogP contribution in [0.5, 0.6) is 0 Å². The van der Waals surface area contributed by atoms with Crippen molar-refractivity contribution in [2.24, 2.45) is 0 Å². The lowest BCUT2D eigenvalue weighted by Crippen LogP contribution is -2.48. The fourth-order valence-electron chi connectivity index (χ4n) is 3.97. The molecule has 7 nitrogen and oxygen atoms in total. The molecular weight excluding hydrogens is 440 g/mol. The van der Waals surface area contributed by atoms with Crippen molar-refractivity contribution in [3.63, 3.8) is 0 Å². The largest absolute Gasteiger partial charge is 0.375 e. The van der Waals surface area contributed by atoms with Gasteiger partial charge in [0.1, 0.15) is 5.69 Å². The second-order valence-corrected chi connectivity index (χ2v) is 8.46. The molecule has 0 spiro atoms. The molecule has 4 rings (SSSR count). The van der Waals surface area contributed by atoms with E-state index in [0.29, 0.717) is 35.9 Å². The van der Waals surface area contributed by atoms with E-state index in [1.807, 2.05) is 24.3 Å². The monoisotopic (exact) mass is 464 g/mol. The summed E-state index contributed by atoms with van der Waals surface area (Å²) in [5.41, 5.74) is 3.70. The molecule has 0 aromatic heterocycles. The Balaban J connectivity index is 1.44. The van der Waals surface area contributed by atoms with Crippen molar-refractivity contribution in [2.45, 2.75) is 13.5 Å². The molecular formula is C25H25ClN4O3. The third kappa shape index (κ3) is 5.26. The topological polar surface area (TPSA) is 78.7 Å². The van der Waals surface area contributed by atoms with Crippen LogP contribution in [-0.2, 0) is 6.54 Å². The minimum absolute atomic E-state index is 0.133. The SMILES string of the molecule is Cc1cccc(N2CCN(C(=O)c3ccc(NCc4ccccc4Cl)c([N+](=O)[O-])c3)CC2)c1. The van der Waals surface area contributed by atoms with Gasteiger partial charge in [-0.05, 0) is 48.4 Å². The quantitative estimate of drug-likeness (QED) is 0.404. The van der Waals surface area contributed by atoms with Crippen molar-refractivity contribution in [3.05, 3.63) is 98.6 Å². The van der Waals surface area contributed by atoms with Gasteiger partial charge in [-0.3, -0.25) is 14.9 Å². The first kappa shape index (κ1) is 22.6. The van der Waals surface area contributed by atoms with Crippen LogP contribution in [0.2, 0.25) is 5.02 Å². The van der Waals surface area contributed by atoms with Gasteiger partial charge < -0.3 is 15.1 Å². The number of carbonyl (C=O) groups excluding carboxylic acids is 1. The lowest BCUT2D eigenvalue weighted by atomic mass is 10.1. The standard InChI is InChI=1S/C25H25ClN4O3/c1-18-5-4-7-21(15-18)28-11-13-29(14-12-28)25(31)19-9-10-23(24(16-19)30(32)33)27-17-20-6-2-3-8-22(20)26/h2-10,15-16,27H,11-14,17H2,1H3. The molecule has 8 heteroatoms. The van der Waals surface area contributed by atoms with Crippen LogP contribution in [-0.4, -0.2) is 41.9 Å². The molecule has 1 N–H and O–H groups in total. The van der Waals surface area contributed by atoms with Crippen molar-refractivity contribution >= 4 is 34.6 Å². The molecule has 0 bridgehead atoms. The molecule has 0 atom stereocenters. The smallest absolute Gasteiger partial charge is 0.293 e. The maximum Gasteiger partial charge on any atom is 0.293 e. The van der Waals surface area contributed by atoms with E-state index in [-0.39, 0.29) is 11.6 Å². The van der Waals surface area contributed by atoms with Gasteiger partial charge in [-0.1, -0.05) is 41.9 Å². The van der Waals surface area contributed by atoms with Gasteiger partial charge >= 0.3 is 0 Å². The number of piperazine rings is 1. The average Bonchev–Trinajstić information content (AvgIpc) is 2.83. The lowest BCUT2D eigenvalue weighted by molar-refractivity contribution is -0.384. The number of rotatable bonds is 6. The fourth-order valence-corrected chi connectivity index (χ4v) is 4.17. The molecule has 33 heavy (non-hydrogen) atoms. The Morgan fingerprint density at radius 3 is 2.48 bits per heavy atom. The summed E-state index contributed by atoms with van der Waals surface area (Å²) in [6.07, 6.45) is 0. The van der Waals surface area contributed by atoms with Crippen LogP contribution in [0.4, 0.5) is 17.1 Å². The minimum atomic E-state index is -0.471. The molecule has 1 amide bonds. The number of benzene rings is 3. The first-order valence-electron chi connectivity index (χ1n) is 10.8. The molecule has 0 radical (unpaired) electrons. The third-order valence-corrected chi connectivity index (χ3v) is 6.17. The van der Waals surface area contributed by atoms with Crippen LogP contribution in [0.3, 0.4) is 0 Å². The number of amides is 1. The predicted octanol–water partition coefficient (Wildman–Crippen LogP) is 5.13. The predicted molar refractivity (Wildman–Crippen MR) is 131 cm³/mol. The van der Waals surface area contributed by atoms with E-state index < -0.39 is 4.92 Å². The number of nitrogens with zero attached hydrogens (tertiary/aromatic N) is 3. The molecule has 1 aliphatic rings. The summed E-state index contributed by atoms with van der Waals surface area (Å²) in [6, 6.07) is 20.2. The molecule has 170 valence electrons. The Kier molecular flexibility index (Phi) is 6.79. The van der Waals surface area contributed by atoms with E-state index in [1.54, 1.807) is 23.1 Å². The van der Waals surface area contributed by atoms with Gasteiger partial charge in [-0.15, -0.1) is 0 Å². The van der Waals surface area contributed by atoms with E-state index >= 15 is 0 Å². The second kappa shape index (κ2) is 9.92. The maximum atomic E-state index is 13.1. The van der Waals surface area contributed by atoms with Crippen molar-refractivity contribution < 1.29 is 9.72 Å². The van der Waals surface area contributed by atoms with E-state index in [4.69, 9.17) is 11.6 Å². The Hall–Kier alpha value is -3.58. The van der Waals surface area contributed by atoms with E-state index in [1.165, 1.54) is 11.6 Å². The summed E-state index contributed by atoms with van der Waals surface area (Å²) >= 11 is 6.18. The van der Waals surface area contributed by atoms with Crippen LogP contribution < -0.4 is 10.2 Å². The van der Waals surface area contributed by atoms with Gasteiger partial charge in [0.15, 0.2) is 0 Å². The van der Waals surface area contributed by atoms with Gasteiger partial charge in [0, 0.05) is 55.1 Å². The van der Waals surface area contributed by atoms with Crippen molar-refractivity contribution in [1.82, 2.24) is 4.90 Å². The number of carbonyl (C=O) groups is 1. The Morgan fingerprint density at radius 1 is 1.03 bits per heavy atom. The van der Waals surface area contributed by atoms with Gasteiger partial charge in [-0.2, -0.15) is 0 Å². The van der Waals surface area contributed by atoms with Gasteiger partial charge in [0.25, 0.3) is 11.6 Å². The van der Waals surface area contributed by atoms with E-state index in [0.717, 1.165) is 24.3 Å². The van der Waals surface area contributed by atoms with Crippen LogP contribution >= 0.6 is 11.6 Å². The number of nitrogens with one attached hydrogen (secondary N) is 1.